The van der Waals surface area contributed by atoms with E-state index in [2.05, 4.69) is 15.4 Å². The molecule has 1 N–H and O–H groups in total. The molecule has 3 aliphatic rings. The first-order valence-corrected chi connectivity index (χ1v) is 7.26. The zero-order valence-corrected chi connectivity index (χ0v) is 12.4. The maximum absolute atomic E-state index is 12.4. The van der Waals surface area contributed by atoms with Crippen LogP contribution in [0.5, 0.6) is 0 Å². The van der Waals surface area contributed by atoms with Crippen molar-refractivity contribution in [2.24, 2.45) is 16.0 Å². The Kier molecular flexibility index (Phi) is 3.00. The van der Waals surface area contributed by atoms with Gasteiger partial charge in [-0.2, -0.15) is 5.10 Å². The lowest BCUT2D eigenvalue weighted by Gasteiger charge is -2.23. The third kappa shape index (κ3) is 2.04. The van der Waals surface area contributed by atoms with Gasteiger partial charge in [0.15, 0.2) is 0 Å². The van der Waals surface area contributed by atoms with Crippen LogP contribution in [0.15, 0.2) is 46.1 Å². The number of aliphatic imine (C=N–C) groups is 1. The van der Waals surface area contributed by atoms with Gasteiger partial charge < -0.3 is 10.1 Å². The summed E-state index contributed by atoms with van der Waals surface area (Å²) in [5.74, 6) is -1.35. The first-order valence-electron chi connectivity index (χ1n) is 7.26. The summed E-state index contributed by atoms with van der Waals surface area (Å²) in [6, 6.07) is 7.54. The molecule has 0 aliphatic carbocycles. The molecule has 0 aromatic heterocycles. The van der Waals surface area contributed by atoms with Crippen molar-refractivity contribution in [1.29, 1.82) is 0 Å². The van der Waals surface area contributed by atoms with Crippen molar-refractivity contribution < 1.29 is 14.3 Å². The van der Waals surface area contributed by atoms with Crippen molar-refractivity contribution in [3.05, 3.63) is 41.6 Å². The van der Waals surface area contributed by atoms with Gasteiger partial charge in [0, 0.05) is 5.69 Å². The third-order valence-electron chi connectivity index (χ3n) is 4.23. The van der Waals surface area contributed by atoms with Crippen LogP contribution >= 0.6 is 0 Å². The Hall–Kier alpha value is -2.96. The summed E-state index contributed by atoms with van der Waals surface area (Å²) in [5.41, 5.74) is 2.98. The molecule has 116 valence electrons. The number of esters is 1. The minimum Gasteiger partial charge on any atom is -0.469 e. The highest BCUT2D eigenvalue weighted by molar-refractivity contribution is 6.25. The van der Waals surface area contributed by atoms with Gasteiger partial charge in [-0.3, -0.25) is 14.6 Å². The predicted molar refractivity (Wildman–Crippen MR) is 84.0 cm³/mol. The number of nitrogens with one attached hydrogen (secondary N) is 1. The number of hydrogen-bond acceptors (Lipinski definition) is 6. The summed E-state index contributed by atoms with van der Waals surface area (Å²) in [7, 11) is 1.36. The number of fused-ring (bicyclic) bond motifs is 2. The van der Waals surface area contributed by atoms with Gasteiger partial charge >= 0.3 is 5.97 Å². The zero-order valence-electron chi connectivity index (χ0n) is 12.4. The number of benzene rings is 1. The predicted octanol–water partition coefficient (Wildman–Crippen LogP) is 1.11. The van der Waals surface area contributed by atoms with Crippen LogP contribution in [0.25, 0.3) is 0 Å². The molecule has 2 unspecified atom stereocenters. The third-order valence-corrected chi connectivity index (χ3v) is 4.23. The Morgan fingerprint density at radius 1 is 1.39 bits per heavy atom. The molecule has 2 atom stereocenters. The largest absolute Gasteiger partial charge is 0.469 e. The molecule has 3 aliphatic heterocycles. The zero-order chi connectivity index (χ0) is 16.0. The lowest BCUT2D eigenvalue weighted by Crippen LogP contribution is -2.31. The standard InChI is InChI=1S/C16H14N4O3/c1-23-16(22)9-6-12-14(17-8-18-20(12)7-9)13-10-4-2-3-5-11(10)19-15(13)21/h2-6,8-9,13H,7H2,1H3,(H,19,21). The molecular formula is C16H14N4O3. The summed E-state index contributed by atoms with van der Waals surface area (Å²) in [6.07, 6.45) is 3.19. The van der Waals surface area contributed by atoms with Gasteiger partial charge in [-0.25, -0.2) is 4.99 Å². The molecule has 1 aromatic carbocycles. The Morgan fingerprint density at radius 3 is 3.04 bits per heavy atom. The van der Waals surface area contributed by atoms with Crippen LogP contribution in [-0.4, -0.2) is 42.6 Å². The van der Waals surface area contributed by atoms with E-state index in [4.69, 9.17) is 4.74 Å². The number of hydrogen-bond donors (Lipinski definition) is 1. The van der Waals surface area contributed by atoms with E-state index in [0.717, 1.165) is 11.3 Å². The lowest BCUT2D eigenvalue weighted by atomic mass is 9.93. The van der Waals surface area contributed by atoms with Gasteiger partial charge in [-0.1, -0.05) is 18.2 Å². The lowest BCUT2D eigenvalue weighted by molar-refractivity contribution is -0.143. The number of nitrogens with zero attached hydrogens (tertiary/aromatic N) is 3. The Balaban J connectivity index is 1.74. The first kappa shape index (κ1) is 13.7. The van der Waals surface area contributed by atoms with E-state index >= 15 is 0 Å². The van der Waals surface area contributed by atoms with Crippen molar-refractivity contribution in [3.8, 4) is 0 Å². The van der Waals surface area contributed by atoms with Crippen molar-refractivity contribution in [2.75, 3.05) is 19.0 Å². The monoisotopic (exact) mass is 310 g/mol. The van der Waals surface area contributed by atoms with E-state index in [1.165, 1.54) is 13.4 Å². The maximum atomic E-state index is 12.4. The molecule has 7 nitrogen and oxygen atoms in total. The fourth-order valence-electron chi connectivity index (χ4n) is 3.15. The highest BCUT2D eigenvalue weighted by Gasteiger charge is 2.41. The highest BCUT2D eigenvalue weighted by atomic mass is 16.5. The number of anilines is 1. The molecule has 0 spiro atoms. The number of allylic oxidation sites excluding steroid dienone is 1. The maximum Gasteiger partial charge on any atom is 0.314 e. The van der Waals surface area contributed by atoms with Gasteiger partial charge in [0.25, 0.3) is 0 Å². The normalized spacial score (nSPS) is 24.6. The average molecular weight is 310 g/mol. The SMILES string of the molecule is COC(=O)C1C=C2C(C3C(=O)Nc4ccccc43)=NC=NN2C1. The molecule has 0 saturated heterocycles. The van der Waals surface area contributed by atoms with Crippen LogP contribution in [0.3, 0.4) is 0 Å². The summed E-state index contributed by atoms with van der Waals surface area (Å²) >= 11 is 0. The molecule has 0 saturated carbocycles. The van der Waals surface area contributed by atoms with Crippen molar-refractivity contribution in [2.45, 2.75) is 5.92 Å². The smallest absolute Gasteiger partial charge is 0.314 e. The summed E-state index contributed by atoms with van der Waals surface area (Å²) < 4.78 is 4.80. The van der Waals surface area contributed by atoms with Crippen LogP contribution in [0.1, 0.15) is 11.5 Å². The molecular weight excluding hydrogens is 296 g/mol. The van der Waals surface area contributed by atoms with E-state index in [0.29, 0.717) is 18.0 Å². The second kappa shape index (κ2) is 5.05. The van der Waals surface area contributed by atoms with E-state index in [1.807, 2.05) is 24.3 Å². The topological polar surface area (TPSA) is 83.4 Å². The fourth-order valence-corrected chi connectivity index (χ4v) is 3.15. The van der Waals surface area contributed by atoms with E-state index in [9.17, 15) is 9.59 Å². The van der Waals surface area contributed by atoms with Crippen molar-refractivity contribution in [1.82, 2.24) is 5.01 Å². The fraction of sp³-hybridized carbons (Fsp3) is 0.250. The molecule has 23 heavy (non-hydrogen) atoms. The number of hydrazone groups is 1. The molecule has 0 fully saturated rings. The van der Waals surface area contributed by atoms with Crippen molar-refractivity contribution in [3.63, 3.8) is 0 Å². The van der Waals surface area contributed by atoms with Gasteiger partial charge in [0.1, 0.15) is 12.3 Å². The first-order chi connectivity index (χ1) is 11.2. The van der Waals surface area contributed by atoms with E-state index < -0.39 is 11.8 Å². The molecule has 4 rings (SSSR count). The van der Waals surface area contributed by atoms with Gasteiger partial charge in [-0.05, 0) is 17.7 Å². The molecule has 1 aromatic rings. The number of carbonyl (C=O) groups is 2. The van der Waals surface area contributed by atoms with Gasteiger partial charge in [0.2, 0.25) is 5.91 Å². The Morgan fingerprint density at radius 2 is 2.22 bits per heavy atom. The summed E-state index contributed by atoms with van der Waals surface area (Å²) in [5, 5.41) is 8.73. The number of carbonyl (C=O) groups excluding carboxylic acids is 2. The minimum atomic E-state index is -0.497. The van der Waals surface area contributed by atoms with Crippen LogP contribution in [0.4, 0.5) is 5.69 Å². The quantitative estimate of drug-likeness (QED) is 0.829. The Labute approximate surface area is 132 Å². The average Bonchev–Trinajstić information content (AvgIpc) is 3.14. The highest BCUT2D eigenvalue weighted by Crippen LogP contribution is 2.38. The number of rotatable bonds is 2. The number of ether oxygens (including phenoxy) is 1. The number of para-hydroxylation sites is 1. The number of amides is 1. The molecule has 7 heteroatoms. The summed E-state index contributed by atoms with van der Waals surface area (Å²) in [4.78, 5) is 28.5. The summed E-state index contributed by atoms with van der Waals surface area (Å²) in [6.45, 7) is 0.396. The minimum absolute atomic E-state index is 0.123. The van der Waals surface area contributed by atoms with Crippen molar-refractivity contribution >= 4 is 29.6 Å². The van der Waals surface area contributed by atoms with Crippen LogP contribution in [-0.2, 0) is 14.3 Å². The Bertz CT molecular complexity index is 796. The molecule has 0 radical (unpaired) electrons. The second-order valence-electron chi connectivity index (χ2n) is 5.52. The van der Waals surface area contributed by atoms with Crippen LogP contribution in [0, 0.1) is 5.92 Å². The van der Waals surface area contributed by atoms with Crippen LogP contribution in [0.2, 0.25) is 0 Å². The molecule has 0 bridgehead atoms. The van der Waals surface area contributed by atoms with E-state index in [-0.39, 0.29) is 11.9 Å². The van der Waals surface area contributed by atoms with E-state index in [1.54, 1.807) is 11.1 Å². The second-order valence-corrected chi connectivity index (χ2v) is 5.52. The van der Waals surface area contributed by atoms with Gasteiger partial charge in [-0.15, -0.1) is 0 Å². The molecule has 1 amide bonds. The number of methoxy groups -OCH3 is 1. The van der Waals surface area contributed by atoms with Gasteiger partial charge in [0.05, 0.1) is 31.0 Å². The molecule has 3 heterocycles. The van der Waals surface area contributed by atoms with Crippen LogP contribution < -0.4 is 5.32 Å².